The Morgan fingerprint density at radius 2 is 0.477 bits per heavy atom. The number of carbonyl (C=O) groups excluding carboxylic acids is 2. The molecule has 0 aliphatic rings. The molecule has 0 heterocycles. The van der Waals surface area contributed by atoms with Crippen LogP contribution in [0.2, 0.25) is 0 Å². The molecule has 6 heteroatoms. The summed E-state index contributed by atoms with van der Waals surface area (Å²) < 4.78 is 11.7. The fraction of sp³-hybridized carbons (Fsp3) is 0.780. The molecular formula is C82H142O6. The molecule has 0 saturated heterocycles. The van der Waals surface area contributed by atoms with Gasteiger partial charge in [-0.2, -0.15) is 0 Å². The van der Waals surface area contributed by atoms with E-state index in [4.69, 9.17) is 9.47 Å². The molecule has 0 aliphatic heterocycles. The van der Waals surface area contributed by atoms with Gasteiger partial charge >= 0.3 is 11.9 Å². The number of hydrogen-bond acceptors (Lipinski definition) is 6. The molecule has 88 heavy (non-hydrogen) atoms. The minimum Gasteiger partial charge on any atom is -0.507 e. The van der Waals surface area contributed by atoms with Crippen LogP contribution in [-0.4, -0.2) is 35.4 Å². The molecule has 0 radical (unpaired) electrons. The van der Waals surface area contributed by atoms with Crippen LogP contribution >= 0.6 is 0 Å². The summed E-state index contributed by atoms with van der Waals surface area (Å²) in [6.07, 6.45) is 56.2. The van der Waals surface area contributed by atoms with Gasteiger partial charge in [0.05, 0.1) is 13.2 Å². The van der Waals surface area contributed by atoms with E-state index < -0.39 is 0 Å². The molecule has 2 aromatic carbocycles. The van der Waals surface area contributed by atoms with Crippen LogP contribution in [0.5, 0.6) is 11.5 Å². The molecule has 2 aromatic rings. The van der Waals surface area contributed by atoms with E-state index in [1.165, 1.54) is 176 Å². The number of unbranched alkanes of at least 4 members (excludes halogenated alkanes) is 33. The van der Waals surface area contributed by atoms with E-state index >= 15 is 0 Å². The van der Waals surface area contributed by atoms with Gasteiger partial charge in [0.25, 0.3) is 0 Å². The SMILES string of the molecule is CCCCCCCCCCOC(=O)/C=C/c1c(CCCCCCCCCC)c(C(C)(C)C)c(O)c(C(C)(C)C)c1CCCCCCCCc1c(/C=C/C(=O)OCCCCCCCCCC)c(CCCCCCCCCC)c(C(C)(C)C)c(O)c1C(C)(C)C. The zero-order valence-corrected chi connectivity index (χ0v) is 60.9. The van der Waals surface area contributed by atoms with Gasteiger partial charge in [0, 0.05) is 34.4 Å². The second-order valence-electron chi connectivity index (χ2n) is 31.0. The van der Waals surface area contributed by atoms with Gasteiger partial charge in [0.1, 0.15) is 11.5 Å². The molecule has 0 aromatic heterocycles. The second kappa shape index (κ2) is 44.9. The number of ether oxygens (including phenoxy) is 2. The first-order chi connectivity index (χ1) is 41.9. The number of phenolic OH excluding ortho intramolecular Hbond substituents is 2. The third-order valence-corrected chi connectivity index (χ3v) is 18.4. The fourth-order valence-electron chi connectivity index (χ4n) is 13.8. The Balaban J connectivity index is 2.52. The third kappa shape index (κ3) is 31.7. The van der Waals surface area contributed by atoms with Gasteiger partial charge in [0.2, 0.25) is 0 Å². The molecule has 0 fully saturated rings. The largest absolute Gasteiger partial charge is 0.507 e. The Kier molecular flexibility index (Phi) is 41.1. The highest BCUT2D eigenvalue weighted by Crippen LogP contribution is 2.49. The van der Waals surface area contributed by atoms with E-state index in [0.717, 1.165) is 149 Å². The third-order valence-electron chi connectivity index (χ3n) is 18.4. The number of carbonyl (C=O) groups is 2. The van der Waals surface area contributed by atoms with Crippen LogP contribution < -0.4 is 0 Å². The lowest BCUT2D eigenvalue weighted by molar-refractivity contribution is -0.138. The normalized spacial score (nSPS) is 12.6. The Labute approximate surface area is 545 Å². The van der Waals surface area contributed by atoms with Crippen LogP contribution in [-0.2, 0) is 66.4 Å². The smallest absolute Gasteiger partial charge is 0.330 e. The predicted molar refractivity (Wildman–Crippen MR) is 384 cm³/mol. The van der Waals surface area contributed by atoms with Gasteiger partial charge in [0.15, 0.2) is 0 Å². The van der Waals surface area contributed by atoms with E-state index in [1.54, 1.807) is 12.2 Å². The van der Waals surface area contributed by atoms with Crippen LogP contribution in [0.1, 0.15) is 410 Å². The minimum atomic E-state index is -0.323. The maximum atomic E-state index is 13.6. The summed E-state index contributed by atoms with van der Waals surface area (Å²) in [6, 6.07) is 0. The maximum absolute atomic E-state index is 13.6. The van der Waals surface area contributed by atoms with Crippen LogP contribution in [0.15, 0.2) is 12.2 Å². The van der Waals surface area contributed by atoms with Gasteiger partial charge in [-0.15, -0.1) is 0 Å². The number of aromatic hydroxyl groups is 2. The van der Waals surface area contributed by atoms with Gasteiger partial charge in [-0.1, -0.05) is 316 Å². The highest BCUT2D eigenvalue weighted by atomic mass is 16.5. The van der Waals surface area contributed by atoms with Crippen molar-refractivity contribution >= 4 is 24.1 Å². The van der Waals surface area contributed by atoms with Gasteiger partial charge < -0.3 is 19.7 Å². The molecule has 0 unspecified atom stereocenters. The summed E-state index contributed by atoms with van der Waals surface area (Å²) in [5.41, 5.74) is 9.87. The highest BCUT2D eigenvalue weighted by molar-refractivity contribution is 5.89. The van der Waals surface area contributed by atoms with Crippen LogP contribution in [0.4, 0.5) is 0 Å². The topological polar surface area (TPSA) is 93.1 Å². The van der Waals surface area contributed by atoms with E-state index in [2.05, 4.69) is 123 Å². The molecule has 0 bridgehead atoms. The van der Waals surface area contributed by atoms with Crippen molar-refractivity contribution in [1.29, 1.82) is 0 Å². The molecule has 0 aliphatic carbocycles. The van der Waals surface area contributed by atoms with Crippen molar-refractivity contribution in [2.75, 3.05) is 13.2 Å². The number of rotatable bonds is 49. The predicted octanol–water partition coefficient (Wildman–Crippen LogP) is 25.2. The number of benzene rings is 2. The summed E-state index contributed by atoms with van der Waals surface area (Å²) in [6.45, 7) is 36.7. The number of esters is 2. The van der Waals surface area contributed by atoms with Crippen LogP contribution in [0, 0.1) is 0 Å². The first-order valence-electron chi connectivity index (χ1n) is 37.4. The summed E-state index contributed by atoms with van der Waals surface area (Å²) in [5, 5.41) is 25.3. The van der Waals surface area contributed by atoms with Gasteiger partial charge in [-0.25, -0.2) is 9.59 Å². The molecule has 2 N–H and O–H groups in total. The Morgan fingerprint density at radius 1 is 0.295 bits per heavy atom. The van der Waals surface area contributed by atoms with Crippen molar-refractivity contribution in [1.82, 2.24) is 0 Å². The Morgan fingerprint density at radius 3 is 0.670 bits per heavy atom. The Bertz CT molecular complexity index is 2110. The van der Waals surface area contributed by atoms with Crippen molar-refractivity contribution in [3.8, 4) is 11.5 Å². The van der Waals surface area contributed by atoms with Crippen molar-refractivity contribution in [3.63, 3.8) is 0 Å². The van der Waals surface area contributed by atoms with E-state index in [0.29, 0.717) is 24.7 Å². The van der Waals surface area contributed by atoms with Gasteiger partial charge in [-0.05, 0) is 131 Å². The lowest BCUT2D eigenvalue weighted by Gasteiger charge is -2.34. The summed E-state index contributed by atoms with van der Waals surface area (Å²) in [4.78, 5) is 27.2. The number of hydrogen-bond donors (Lipinski definition) is 2. The second-order valence-corrected chi connectivity index (χ2v) is 31.0. The van der Waals surface area contributed by atoms with E-state index in [1.807, 2.05) is 0 Å². The molecule has 6 nitrogen and oxygen atoms in total. The molecule has 506 valence electrons. The standard InChI is InChI=1S/C82H142O6/c1-17-21-25-29-33-37-43-49-55-67-65(59-61-71(83)87-63-53-47-41-35-31-27-23-19-3)69(75(81(11,12)13)77(85)73(67)79(5,6)7)57-51-45-39-40-46-52-58-70-66(60-62-72(84)88-64-54-48-42-36-32-28-24-20-4)68(56-50-44-38-34-30-26-22-18-2)74(80(8,9)10)78(86)76(70)82(14,15)16/h59-62,85-86H,17-58,63-64H2,1-16H3/b61-59+,62-60+. The zero-order valence-electron chi connectivity index (χ0n) is 60.9. The Hall–Kier alpha value is -3.54. The fourth-order valence-corrected chi connectivity index (χ4v) is 13.8. The molecule has 0 spiro atoms. The zero-order chi connectivity index (χ0) is 65.4. The van der Waals surface area contributed by atoms with Crippen LogP contribution in [0.25, 0.3) is 12.2 Å². The maximum Gasteiger partial charge on any atom is 0.330 e. The minimum absolute atomic E-state index is 0.278. The lowest BCUT2D eigenvalue weighted by Crippen LogP contribution is -2.23. The van der Waals surface area contributed by atoms with Crippen LogP contribution in [0.3, 0.4) is 0 Å². The first-order valence-corrected chi connectivity index (χ1v) is 37.4. The van der Waals surface area contributed by atoms with Crippen molar-refractivity contribution < 1.29 is 29.3 Å². The van der Waals surface area contributed by atoms with Crippen molar-refractivity contribution in [2.45, 2.75) is 402 Å². The van der Waals surface area contributed by atoms with E-state index in [-0.39, 0.29) is 33.6 Å². The lowest BCUT2D eigenvalue weighted by atomic mass is 9.71. The van der Waals surface area contributed by atoms with Gasteiger partial charge in [-0.3, -0.25) is 0 Å². The highest BCUT2D eigenvalue weighted by Gasteiger charge is 2.35. The summed E-state index contributed by atoms with van der Waals surface area (Å²) in [7, 11) is 0. The molecular weight excluding hydrogens is 1080 g/mol. The molecule has 0 atom stereocenters. The van der Waals surface area contributed by atoms with E-state index in [9.17, 15) is 19.8 Å². The molecule has 0 saturated carbocycles. The molecule has 2 rings (SSSR count). The average molecular weight is 1220 g/mol. The monoisotopic (exact) mass is 1220 g/mol. The average Bonchev–Trinajstić information content (AvgIpc) is 0.842. The quantitative estimate of drug-likeness (QED) is 0.0390. The summed E-state index contributed by atoms with van der Waals surface area (Å²) in [5.74, 6) is 0.334. The molecule has 0 amide bonds. The summed E-state index contributed by atoms with van der Waals surface area (Å²) >= 11 is 0. The first kappa shape index (κ1) is 80.6. The van der Waals surface area contributed by atoms with Crippen molar-refractivity contribution in [3.05, 3.63) is 67.8 Å². The van der Waals surface area contributed by atoms with Crippen molar-refractivity contribution in [2.24, 2.45) is 0 Å². The number of phenols is 2.